The summed E-state index contributed by atoms with van der Waals surface area (Å²) in [5.41, 5.74) is 1.50. The van der Waals surface area contributed by atoms with Gasteiger partial charge in [0.2, 0.25) is 11.0 Å². The average molecular weight is 406 g/mol. The maximum absolute atomic E-state index is 12.6. The highest BCUT2D eigenvalue weighted by atomic mass is 32.2. The molecule has 0 unspecified atom stereocenters. The molecule has 1 atom stereocenters. The first-order valence-electron chi connectivity index (χ1n) is 8.19. The summed E-state index contributed by atoms with van der Waals surface area (Å²) in [4.78, 5) is 16.1. The predicted molar refractivity (Wildman–Crippen MR) is 104 cm³/mol. The second-order valence-corrected chi connectivity index (χ2v) is 8.63. The van der Waals surface area contributed by atoms with Crippen molar-refractivity contribution in [2.45, 2.75) is 31.9 Å². The van der Waals surface area contributed by atoms with Crippen LogP contribution in [0.3, 0.4) is 0 Å². The molecule has 142 valence electrons. The van der Waals surface area contributed by atoms with Crippen molar-refractivity contribution >= 4 is 32.4 Å². The number of aromatic nitrogens is 1. The smallest absolute Gasteiger partial charge is 0.274 e. The number of furan rings is 1. The fourth-order valence-electron chi connectivity index (χ4n) is 2.52. The Kier molecular flexibility index (Phi) is 5.45. The van der Waals surface area contributed by atoms with Crippen LogP contribution in [-0.2, 0) is 14.8 Å². The molecule has 2 N–H and O–H groups in total. The van der Waals surface area contributed by atoms with Crippen molar-refractivity contribution in [3.05, 3.63) is 53.7 Å². The lowest BCUT2D eigenvalue weighted by Crippen LogP contribution is -2.26. The number of carbonyl (C=O) groups is 1. The molecule has 0 aliphatic heterocycles. The zero-order valence-electron chi connectivity index (χ0n) is 15.0. The first-order chi connectivity index (χ1) is 12.8. The van der Waals surface area contributed by atoms with Gasteiger partial charge in [-0.3, -0.25) is 4.79 Å². The van der Waals surface area contributed by atoms with Gasteiger partial charge in [0.25, 0.3) is 10.0 Å². The molecule has 0 fully saturated rings. The van der Waals surface area contributed by atoms with E-state index in [2.05, 4.69) is 15.0 Å². The molecule has 1 aromatic carbocycles. The summed E-state index contributed by atoms with van der Waals surface area (Å²) >= 11 is 1.22. The maximum atomic E-state index is 12.6. The lowest BCUT2D eigenvalue weighted by Gasteiger charge is -2.13. The van der Waals surface area contributed by atoms with E-state index in [1.165, 1.54) is 24.3 Å². The van der Waals surface area contributed by atoms with Crippen LogP contribution in [0.4, 0.5) is 5.13 Å². The number of benzene rings is 1. The summed E-state index contributed by atoms with van der Waals surface area (Å²) in [6, 6.07) is 11.9. The number of sulfonamides is 1. The SMILES string of the molecule is CC(=O)Nc1nc(C)c(-c2ccc(S(=O)(=O)N[C@H](C)c3ccccc3)o2)s1. The van der Waals surface area contributed by atoms with E-state index in [-0.39, 0.29) is 11.0 Å². The van der Waals surface area contributed by atoms with Gasteiger partial charge in [-0.05, 0) is 31.5 Å². The Morgan fingerprint density at radius 2 is 1.89 bits per heavy atom. The highest BCUT2D eigenvalue weighted by Gasteiger charge is 2.23. The van der Waals surface area contributed by atoms with E-state index in [9.17, 15) is 13.2 Å². The fraction of sp³-hybridized carbons (Fsp3) is 0.222. The summed E-state index contributed by atoms with van der Waals surface area (Å²) in [7, 11) is -3.82. The van der Waals surface area contributed by atoms with Gasteiger partial charge in [0.15, 0.2) is 5.13 Å². The Hall–Kier alpha value is -2.49. The number of nitrogens with zero attached hydrogens (tertiary/aromatic N) is 1. The van der Waals surface area contributed by atoms with E-state index in [1.807, 2.05) is 30.3 Å². The van der Waals surface area contributed by atoms with Crippen molar-refractivity contribution < 1.29 is 17.6 Å². The summed E-state index contributed by atoms with van der Waals surface area (Å²) in [5, 5.41) is 2.88. The molecule has 7 nitrogen and oxygen atoms in total. The summed E-state index contributed by atoms with van der Waals surface area (Å²) in [5.74, 6) is 0.159. The Morgan fingerprint density at radius 1 is 1.19 bits per heavy atom. The van der Waals surface area contributed by atoms with Crippen molar-refractivity contribution in [2.24, 2.45) is 0 Å². The van der Waals surface area contributed by atoms with Gasteiger partial charge < -0.3 is 9.73 Å². The van der Waals surface area contributed by atoms with Gasteiger partial charge in [0, 0.05) is 13.0 Å². The molecule has 9 heteroatoms. The molecule has 2 heterocycles. The quantitative estimate of drug-likeness (QED) is 0.651. The minimum Gasteiger partial charge on any atom is -0.442 e. The van der Waals surface area contributed by atoms with Gasteiger partial charge in [-0.1, -0.05) is 41.7 Å². The van der Waals surface area contributed by atoms with Crippen molar-refractivity contribution in [3.8, 4) is 10.6 Å². The van der Waals surface area contributed by atoms with Crippen LogP contribution < -0.4 is 10.0 Å². The third kappa shape index (κ3) is 4.44. The minimum absolute atomic E-state index is 0.172. The first kappa shape index (κ1) is 19.3. The van der Waals surface area contributed by atoms with E-state index >= 15 is 0 Å². The van der Waals surface area contributed by atoms with Gasteiger partial charge in [-0.2, -0.15) is 0 Å². The van der Waals surface area contributed by atoms with E-state index in [0.717, 1.165) is 5.56 Å². The molecule has 0 saturated carbocycles. The normalized spacial score (nSPS) is 12.7. The number of hydrogen-bond donors (Lipinski definition) is 2. The second-order valence-electron chi connectivity index (χ2n) is 5.99. The number of carbonyl (C=O) groups excluding carboxylic acids is 1. The standard InChI is InChI=1S/C18H19N3O4S2/c1-11(14-7-5-4-6-8-14)21-27(23,24)16-10-9-15(25-16)17-12(2)19-18(26-17)20-13(3)22/h4-11,21H,1-3H3,(H,19,20,22)/t11-/m1/s1. The molecular weight excluding hydrogens is 386 g/mol. The number of thiazole rings is 1. The van der Waals surface area contributed by atoms with Gasteiger partial charge >= 0.3 is 0 Å². The topological polar surface area (TPSA) is 101 Å². The highest BCUT2D eigenvalue weighted by Crippen LogP contribution is 2.34. The molecule has 0 spiro atoms. The molecule has 0 radical (unpaired) electrons. The number of rotatable bonds is 6. The van der Waals surface area contributed by atoms with Crippen LogP contribution in [0.1, 0.15) is 31.1 Å². The number of hydrogen-bond acceptors (Lipinski definition) is 6. The fourth-order valence-corrected chi connectivity index (χ4v) is 4.65. The van der Waals surface area contributed by atoms with Crippen molar-refractivity contribution in [2.75, 3.05) is 5.32 Å². The highest BCUT2D eigenvalue weighted by molar-refractivity contribution is 7.89. The zero-order valence-corrected chi connectivity index (χ0v) is 16.6. The Labute approximate surface area is 161 Å². The molecule has 3 rings (SSSR count). The van der Waals surface area contributed by atoms with Gasteiger partial charge in [0.05, 0.1) is 10.6 Å². The van der Waals surface area contributed by atoms with Crippen molar-refractivity contribution in [1.29, 1.82) is 0 Å². The Morgan fingerprint density at radius 3 is 2.56 bits per heavy atom. The van der Waals surface area contributed by atoms with Crippen molar-refractivity contribution in [1.82, 2.24) is 9.71 Å². The number of anilines is 1. The zero-order chi connectivity index (χ0) is 19.6. The van der Waals surface area contributed by atoms with Gasteiger partial charge in [0.1, 0.15) is 5.76 Å². The molecule has 0 saturated heterocycles. The van der Waals surface area contributed by atoms with Crippen LogP contribution in [0.5, 0.6) is 0 Å². The molecule has 3 aromatic rings. The lowest BCUT2D eigenvalue weighted by atomic mass is 10.1. The monoisotopic (exact) mass is 405 g/mol. The molecule has 0 aliphatic rings. The first-order valence-corrected chi connectivity index (χ1v) is 10.5. The molecule has 27 heavy (non-hydrogen) atoms. The Balaban J connectivity index is 1.82. The van der Waals surface area contributed by atoms with Crippen LogP contribution in [0.2, 0.25) is 0 Å². The van der Waals surface area contributed by atoms with Crippen LogP contribution >= 0.6 is 11.3 Å². The van der Waals surface area contributed by atoms with E-state index in [4.69, 9.17) is 4.42 Å². The predicted octanol–water partition coefficient (Wildman–Crippen LogP) is 3.71. The second kappa shape index (κ2) is 7.63. The van der Waals surface area contributed by atoms with Crippen LogP contribution in [-0.4, -0.2) is 19.3 Å². The van der Waals surface area contributed by atoms with E-state index in [1.54, 1.807) is 19.9 Å². The third-order valence-electron chi connectivity index (χ3n) is 3.78. The third-order valence-corrected chi connectivity index (χ3v) is 6.28. The number of aryl methyl sites for hydroxylation is 1. The lowest BCUT2D eigenvalue weighted by molar-refractivity contribution is -0.114. The van der Waals surface area contributed by atoms with E-state index < -0.39 is 16.1 Å². The summed E-state index contributed by atoms with van der Waals surface area (Å²) < 4.78 is 33.4. The maximum Gasteiger partial charge on any atom is 0.274 e. The van der Waals surface area contributed by atoms with E-state index in [0.29, 0.717) is 21.5 Å². The van der Waals surface area contributed by atoms with Crippen LogP contribution in [0, 0.1) is 6.92 Å². The molecule has 1 amide bonds. The Bertz CT molecular complexity index is 1060. The molecule has 0 bridgehead atoms. The molecular formula is C18H19N3O4S2. The summed E-state index contributed by atoms with van der Waals surface area (Å²) in [6.45, 7) is 4.93. The number of amides is 1. The van der Waals surface area contributed by atoms with Crippen LogP contribution in [0.25, 0.3) is 10.6 Å². The number of nitrogens with one attached hydrogen (secondary N) is 2. The largest absolute Gasteiger partial charge is 0.442 e. The average Bonchev–Trinajstić information content (AvgIpc) is 3.22. The van der Waals surface area contributed by atoms with Crippen molar-refractivity contribution in [3.63, 3.8) is 0 Å². The van der Waals surface area contributed by atoms with Crippen LogP contribution in [0.15, 0.2) is 52.0 Å². The summed E-state index contributed by atoms with van der Waals surface area (Å²) in [6.07, 6.45) is 0. The van der Waals surface area contributed by atoms with Gasteiger partial charge in [-0.15, -0.1) is 0 Å². The molecule has 2 aromatic heterocycles. The minimum atomic E-state index is -3.82. The van der Waals surface area contributed by atoms with Gasteiger partial charge in [-0.25, -0.2) is 18.1 Å². The molecule has 0 aliphatic carbocycles.